The second kappa shape index (κ2) is 6.61. The quantitative estimate of drug-likeness (QED) is 0.884. The maximum Gasteiger partial charge on any atom is 0.239 e. The van der Waals surface area contributed by atoms with Crippen molar-refractivity contribution >= 4 is 17.5 Å². The van der Waals surface area contributed by atoms with E-state index in [9.17, 15) is 9.59 Å². The average molecular weight is 289 g/mol. The van der Waals surface area contributed by atoms with Gasteiger partial charge in [0.15, 0.2) is 0 Å². The number of nitrogens with zero attached hydrogens (tertiary/aromatic N) is 1. The Hall–Kier alpha value is -2.04. The Labute approximate surface area is 125 Å². The number of hydrogen-bond donors (Lipinski definition) is 2. The molecule has 1 aromatic rings. The lowest BCUT2D eigenvalue weighted by molar-refractivity contribution is -0.136. The summed E-state index contributed by atoms with van der Waals surface area (Å²) in [5.41, 5.74) is 2.03. The Bertz CT molecular complexity index is 530. The molecular formula is C16H23N3O2. The smallest absolute Gasteiger partial charge is 0.239 e. The minimum absolute atomic E-state index is 0.00190. The number of nitrogens with one attached hydrogen (secondary N) is 2. The molecule has 0 fully saturated rings. The van der Waals surface area contributed by atoms with Crippen LogP contribution in [0.4, 0.5) is 5.69 Å². The molecule has 0 aliphatic carbocycles. The van der Waals surface area contributed by atoms with Crippen LogP contribution < -0.4 is 10.6 Å². The van der Waals surface area contributed by atoms with Crippen molar-refractivity contribution in [2.45, 2.75) is 32.2 Å². The molecule has 2 rings (SSSR count). The van der Waals surface area contributed by atoms with Crippen LogP contribution in [0.2, 0.25) is 0 Å². The van der Waals surface area contributed by atoms with E-state index in [0.717, 1.165) is 17.7 Å². The molecule has 2 unspecified atom stereocenters. The van der Waals surface area contributed by atoms with E-state index >= 15 is 0 Å². The predicted octanol–water partition coefficient (Wildman–Crippen LogP) is 1.57. The van der Waals surface area contributed by atoms with Gasteiger partial charge in [-0.15, -0.1) is 0 Å². The Morgan fingerprint density at radius 1 is 1.38 bits per heavy atom. The summed E-state index contributed by atoms with van der Waals surface area (Å²) in [4.78, 5) is 25.8. The summed E-state index contributed by atoms with van der Waals surface area (Å²) in [6.07, 6.45) is 0.746. The zero-order valence-electron chi connectivity index (χ0n) is 12.8. The van der Waals surface area contributed by atoms with Crippen molar-refractivity contribution in [2.24, 2.45) is 0 Å². The van der Waals surface area contributed by atoms with Crippen LogP contribution in [-0.2, 0) is 9.59 Å². The van der Waals surface area contributed by atoms with E-state index in [0.29, 0.717) is 6.54 Å². The number of likely N-dealkylation sites (N-methyl/N-ethyl adjacent to an activating group) is 2. The Morgan fingerprint density at radius 3 is 2.81 bits per heavy atom. The molecule has 0 radical (unpaired) electrons. The molecule has 5 heteroatoms. The van der Waals surface area contributed by atoms with E-state index in [-0.39, 0.29) is 30.3 Å². The molecule has 114 valence electrons. The normalized spacial score (nSPS) is 20.1. The molecule has 0 saturated carbocycles. The van der Waals surface area contributed by atoms with Gasteiger partial charge >= 0.3 is 0 Å². The highest BCUT2D eigenvalue weighted by Gasteiger charge is 2.31. The Morgan fingerprint density at radius 2 is 2.10 bits per heavy atom. The summed E-state index contributed by atoms with van der Waals surface area (Å²) in [7, 11) is 1.69. The SMILES string of the molecule is CCNC(=O)CN(C)C(=O)C1CC(C)Nc2ccccc21. The number of anilines is 1. The number of amides is 2. The zero-order valence-corrected chi connectivity index (χ0v) is 12.8. The number of para-hydroxylation sites is 1. The van der Waals surface area contributed by atoms with Crippen molar-refractivity contribution in [3.8, 4) is 0 Å². The maximum atomic E-state index is 12.7. The van der Waals surface area contributed by atoms with Gasteiger partial charge in [0.1, 0.15) is 0 Å². The van der Waals surface area contributed by atoms with Crippen LogP contribution in [0.3, 0.4) is 0 Å². The van der Waals surface area contributed by atoms with Gasteiger partial charge in [-0.2, -0.15) is 0 Å². The Balaban J connectivity index is 2.13. The number of hydrogen-bond acceptors (Lipinski definition) is 3. The zero-order chi connectivity index (χ0) is 15.4. The van der Waals surface area contributed by atoms with Crippen LogP contribution in [0.25, 0.3) is 0 Å². The molecular weight excluding hydrogens is 266 g/mol. The van der Waals surface area contributed by atoms with E-state index in [1.54, 1.807) is 7.05 Å². The minimum Gasteiger partial charge on any atom is -0.382 e. The summed E-state index contributed by atoms with van der Waals surface area (Å²) in [5.74, 6) is -0.303. The molecule has 1 aliphatic heterocycles. The van der Waals surface area contributed by atoms with Gasteiger partial charge in [-0.3, -0.25) is 9.59 Å². The van der Waals surface area contributed by atoms with E-state index < -0.39 is 0 Å². The van der Waals surface area contributed by atoms with Crippen molar-refractivity contribution in [2.75, 3.05) is 25.5 Å². The topological polar surface area (TPSA) is 61.4 Å². The summed E-state index contributed by atoms with van der Waals surface area (Å²) in [6, 6.07) is 8.13. The summed E-state index contributed by atoms with van der Waals surface area (Å²) >= 11 is 0. The lowest BCUT2D eigenvalue weighted by Gasteiger charge is -2.32. The second-order valence-corrected chi connectivity index (χ2v) is 5.57. The fourth-order valence-corrected chi connectivity index (χ4v) is 2.78. The molecule has 5 nitrogen and oxygen atoms in total. The molecule has 1 aromatic carbocycles. The van der Waals surface area contributed by atoms with Gasteiger partial charge in [-0.1, -0.05) is 18.2 Å². The first-order chi connectivity index (χ1) is 10.0. The van der Waals surface area contributed by atoms with Gasteiger partial charge in [0.2, 0.25) is 11.8 Å². The molecule has 21 heavy (non-hydrogen) atoms. The standard InChI is InChI=1S/C16H23N3O2/c1-4-17-15(20)10-19(3)16(21)13-9-11(2)18-14-8-6-5-7-12(13)14/h5-8,11,13,18H,4,9-10H2,1-3H3,(H,17,20). The maximum absolute atomic E-state index is 12.7. The van der Waals surface area contributed by atoms with Crippen molar-refractivity contribution < 1.29 is 9.59 Å². The van der Waals surface area contributed by atoms with Crippen LogP contribution in [0.1, 0.15) is 31.7 Å². The van der Waals surface area contributed by atoms with E-state index in [4.69, 9.17) is 0 Å². The molecule has 2 atom stereocenters. The highest BCUT2D eigenvalue weighted by Crippen LogP contribution is 2.34. The number of carbonyl (C=O) groups is 2. The summed E-state index contributed by atoms with van der Waals surface area (Å²) in [5, 5.41) is 6.11. The largest absolute Gasteiger partial charge is 0.382 e. The van der Waals surface area contributed by atoms with Crippen molar-refractivity contribution in [3.63, 3.8) is 0 Å². The van der Waals surface area contributed by atoms with Crippen LogP contribution in [0.5, 0.6) is 0 Å². The average Bonchev–Trinajstić information content (AvgIpc) is 2.45. The minimum atomic E-state index is -0.183. The number of benzene rings is 1. The highest BCUT2D eigenvalue weighted by atomic mass is 16.2. The molecule has 2 amide bonds. The molecule has 0 aromatic heterocycles. The van der Waals surface area contributed by atoms with Gasteiger partial charge in [0, 0.05) is 25.3 Å². The highest BCUT2D eigenvalue weighted by molar-refractivity contribution is 5.90. The first kappa shape index (κ1) is 15.4. The van der Waals surface area contributed by atoms with Crippen LogP contribution >= 0.6 is 0 Å². The predicted molar refractivity (Wildman–Crippen MR) is 83.2 cm³/mol. The fraction of sp³-hybridized carbons (Fsp3) is 0.500. The van der Waals surface area contributed by atoms with Gasteiger partial charge in [-0.05, 0) is 31.9 Å². The first-order valence-electron chi connectivity index (χ1n) is 7.40. The third-order valence-electron chi connectivity index (χ3n) is 3.76. The Kier molecular flexibility index (Phi) is 4.83. The molecule has 1 aliphatic rings. The molecule has 0 bridgehead atoms. The first-order valence-corrected chi connectivity index (χ1v) is 7.40. The van der Waals surface area contributed by atoms with Gasteiger partial charge in [0.25, 0.3) is 0 Å². The van der Waals surface area contributed by atoms with Crippen molar-refractivity contribution in [1.29, 1.82) is 0 Å². The van der Waals surface area contributed by atoms with Crippen LogP contribution in [-0.4, -0.2) is 42.9 Å². The third kappa shape index (κ3) is 3.54. The van der Waals surface area contributed by atoms with E-state index in [2.05, 4.69) is 17.6 Å². The lowest BCUT2D eigenvalue weighted by Crippen LogP contribution is -2.42. The van der Waals surface area contributed by atoms with Crippen molar-refractivity contribution in [1.82, 2.24) is 10.2 Å². The molecule has 0 saturated heterocycles. The van der Waals surface area contributed by atoms with Crippen LogP contribution in [0, 0.1) is 0 Å². The monoisotopic (exact) mass is 289 g/mol. The molecule has 2 N–H and O–H groups in total. The summed E-state index contributed by atoms with van der Waals surface area (Å²) in [6.45, 7) is 4.62. The summed E-state index contributed by atoms with van der Waals surface area (Å²) < 4.78 is 0. The van der Waals surface area contributed by atoms with Gasteiger partial charge in [-0.25, -0.2) is 0 Å². The van der Waals surface area contributed by atoms with E-state index in [1.807, 2.05) is 31.2 Å². The second-order valence-electron chi connectivity index (χ2n) is 5.57. The number of carbonyl (C=O) groups excluding carboxylic acids is 2. The van der Waals surface area contributed by atoms with E-state index in [1.165, 1.54) is 4.90 Å². The van der Waals surface area contributed by atoms with Gasteiger partial charge in [0.05, 0.1) is 12.5 Å². The van der Waals surface area contributed by atoms with Gasteiger partial charge < -0.3 is 15.5 Å². The third-order valence-corrected chi connectivity index (χ3v) is 3.76. The lowest BCUT2D eigenvalue weighted by atomic mass is 9.86. The fourth-order valence-electron chi connectivity index (χ4n) is 2.78. The van der Waals surface area contributed by atoms with Crippen LogP contribution in [0.15, 0.2) is 24.3 Å². The number of rotatable bonds is 4. The number of fused-ring (bicyclic) bond motifs is 1. The molecule has 1 heterocycles. The van der Waals surface area contributed by atoms with Crippen molar-refractivity contribution in [3.05, 3.63) is 29.8 Å². The molecule has 0 spiro atoms.